The molecule has 3 aliphatic rings. The number of anilines is 1. The highest BCUT2D eigenvalue weighted by molar-refractivity contribution is 5.86. The van der Waals surface area contributed by atoms with Gasteiger partial charge < -0.3 is 14.9 Å². The summed E-state index contributed by atoms with van der Waals surface area (Å²) >= 11 is 0. The molecule has 1 aliphatic heterocycles. The van der Waals surface area contributed by atoms with Crippen LogP contribution in [0, 0.1) is 29.5 Å². The van der Waals surface area contributed by atoms with E-state index in [2.05, 4.69) is 4.90 Å². The molecular formula is C19H23FN2O3. The molecule has 1 aromatic rings. The van der Waals surface area contributed by atoms with Crippen LogP contribution >= 0.6 is 0 Å². The Morgan fingerprint density at radius 2 is 1.56 bits per heavy atom. The molecule has 3 fully saturated rings. The highest BCUT2D eigenvalue weighted by Gasteiger charge is 2.54. The molecule has 1 aromatic carbocycles. The Labute approximate surface area is 146 Å². The maximum absolute atomic E-state index is 13.1. The van der Waals surface area contributed by atoms with Gasteiger partial charge in [-0.25, -0.2) is 4.39 Å². The van der Waals surface area contributed by atoms with E-state index in [1.807, 2.05) is 4.90 Å². The monoisotopic (exact) mass is 346 g/mol. The van der Waals surface area contributed by atoms with Crippen molar-refractivity contribution in [3.05, 3.63) is 30.1 Å². The smallest absolute Gasteiger partial charge is 0.307 e. The van der Waals surface area contributed by atoms with Crippen LogP contribution in [0.5, 0.6) is 0 Å². The summed E-state index contributed by atoms with van der Waals surface area (Å²) in [6, 6.07) is 6.39. The van der Waals surface area contributed by atoms with Crippen LogP contribution < -0.4 is 4.90 Å². The number of hydrogen-bond acceptors (Lipinski definition) is 3. The molecule has 0 aromatic heterocycles. The molecular weight excluding hydrogens is 323 g/mol. The van der Waals surface area contributed by atoms with Crippen molar-refractivity contribution in [2.24, 2.45) is 23.7 Å². The quantitative estimate of drug-likeness (QED) is 0.912. The average molecular weight is 346 g/mol. The summed E-state index contributed by atoms with van der Waals surface area (Å²) in [6.45, 7) is 2.57. The maximum atomic E-state index is 13.1. The Balaban J connectivity index is 1.41. The number of aliphatic carboxylic acids is 1. The molecule has 5 nitrogen and oxygen atoms in total. The van der Waals surface area contributed by atoms with Gasteiger partial charge in [0.15, 0.2) is 0 Å². The van der Waals surface area contributed by atoms with Crippen molar-refractivity contribution in [3.63, 3.8) is 0 Å². The molecule has 2 bridgehead atoms. The van der Waals surface area contributed by atoms with E-state index < -0.39 is 11.9 Å². The van der Waals surface area contributed by atoms with E-state index >= 15 is 0 Å². The van der Waals surface area contributed by atoms with Gasteiger partial charge in [-0.2, -0.15) is 0 Å². The van der Waals surface area contributed by atoms with Gasteiger partial charge >= 0.3 is 5.97 Å². The van der Waals surface area contributed by atoms with Crippen LogP contribution in [-0.4, -0.2) is 48.1 Å². The number of carboxylic acids is 1. The number of hydrogen-bond donors (Lipinski definition) is 1. The van der Waals surface area contributed by atoms with Crippen molar-refractivity contribution in [3.8, 4) is 0 Å². The molecule has 6 heteroatoms. The highest BCUT2D eigenvalue weighted by atomic mass is 19.1. The summed E-state index contributed by atoms with van der Waals surface area (Å²) in [5.41, 5.74) is 0.955. The van der Waals surface area contributed by atoms with Crippen LogP contribution in [0.25, 0.3) is 0 Å². The van der Waals surface area contributed by atoms with Crippen molar-refractivity contribution >= 4 is 17.6 Å². The standard InChI is InChI=1S/C19H23FN2O3/c20-14-3-5-15(6-4-14)21-7-9-22(10-8-21)18(23)16-12-1-2-13(11-12)17(16)19(24)25/h3-6,12-13,16-17H,1-2,7-11H2,(H,24,25)/t12-,13-,16-,17+/m1/s1. The molecule has 1 heterocycles. The van der Waals surface area contributed by atoms with Crippen molar-refractivity contribution in [1.82, 2.24) is 4.90 Å². The Morgan fingerprint density at radius 1 is 0.960 bits per heavy atom. The molecule has 1 saturated heterocycles. The van der Waals surface area contributed by atoms with Gasteiger partial charge in [-0.05, 0) is 55.4 Å². The third-order valence-corrected chi connectivity index (χ3v) is 6.27. The lowest BCUT2D eigenvalue weighted by molar-refractivity contribution is -0.153. The van der Waals surface area contributed by atoms with Crippen LogP contribution in [0.1, 0.15) is 19.3 Å². The van der Waals surface area contributed by atoms with Crippen molar-refractivity contribution in [1.29, 1.82) is 0 Å². The minimum atomic E-state index is -0.810. The Hall–Kier alpha value is -2.11. The largest absolute Gasteiger partial charge is 0.481 e. The van der Waals surface area contributed by atoms with Gasteiger partial charge in [-0.1, -0.05) is 0 Å². The summed E-state index contributed by atoms with van der Waals surface area (Å²) in [5, 5.41) is 9.56. The molecule has 0 radical (unpaired) electrons. The summed E-state index contributed by atoms with van der Waals surface area (Å²) in [5.74, 6) is -1.46. The summed E-state index contributed by atoms with van der Waals surface area (Å²) in [6.07, 6.45) is 2.83. The second-order valence-electron chi connectivity index (χ2n) is 7.51. The first-order valence-electron chi connectivity index (χ1n) is 9.06. The van der Waals surface area contributed by atoms with E-state index in [0.717, 1.165) is 24.9 Å². The van der Waals surface area contributed by atoms with Crippen molar-refractivity contribution < 1.29 is 19.1 Å². The molecule has 1 amide bonds. The molecule has 0 unspecified atom stereocenters. The SMILES string of the molecule is O=C(O)[C@H]1[C@@H]2CC[C@H](C2)[C@H]1C(=O)N1CCN(c2ccc(F)cc2)CC1. The fourth-order valence-electron chi connectivity index (χ4n) is 5.05. The molecule has 25 heavy (non-hydrogen) atoms. The molecule has 0 spiro atoms. The van der Waals surface area contributed by atoms with Gasteiger partial charge in [0, 0.05) is 31.9 Å². The van der Waals surface area contributed by atoms with E-state index in [4.69, 9.17) is 0 Å². The average Bonchev–Trinajstić information content (AvgIpc) is 3.23. The number of halogens is 1. The van der Waals surface area contributed by atoms with Gasteiger partial charge in [0.05, 0.1) is 11.8 Å². The normalized spacial score (nSPS) is 31.4. The number of amides is 1. The van der Waals surface area contributed by atoms with Gasteiger partial charge in [0.1, 0.15) is 5.82 Å². The highest BCUT2D eigenvalue weighted by Crippen LogP contribution is 2.53. The van der Waals surface area contributed by atoms with Crippen LogP contribution in [0.4, 0.5) is 10.1 Å². The zero-order chi connectivity index (χ0) is 17.6. The van der Waals surface area contributed by atoms with E-state index in [1.54, 1.807) is 12.1 Å². The first-order valence-corrected chi connectivity index (χ1v) is 9.06. The van der Waals surface area contributed by atoms with E-state index in [0.29, 0.717) is 26.2 Å². The Morgan fingerprint density at radius 3 is 2.16 bits per heavy atom. The number of carbonyl (C=O) groups excluding carboxylic acids is 1. The van der Waals surface area contributed by atoms with Crippen LogP contribution in [0.3, 0.4) is 0 Å². The van der Waals surface area contributed by atoms with E-state index in [9.17, 15) is 19.1 Å². The minimum Gasteiger partial charge on any atom is -0.481 e. The minimum absolute atomic E-state index is 0.0263. The Kier molecular flexibility index (Phi) is 4.13. The number of carbonyl (C=O) groups is 2. The third kappa shape index (κ3) is 2.87. The summed E-state index contributed by atoms with van der Waals surface area (Å²) in [4.78, 5) is 28.6. The predicted molar refractivity (Wildman–Crippen MR) is 90.6 cm³/mol. The second-order valence-corrected chi connectivity index (χ2v) is 7.51. The van der Waals surface area contributed by atoms with Crippen molar-refractivity contribution in [2.75, 3.05) is 31.1 Å². The van der Waals surface area contributed by atoms with Gasteiger partial charge in [-0.3, -0.25) is 9.59 Å². The molecule has 4 atom stereocenters. The first kappa shape index (κ1) is 16.4. The summed E-state index contributed by atoms with van der Waals surface area (Å²) in [7, 11) is 0. The molecule has 2 aliphatic carbocycles. The Bertz CT molecular complexity index is 670. The van der Waals surface area contributed by atoms with Gasteiger partial charge in [-0.15, -0.1) is 0 Å². The van der Waals surface area contributed by atoms with Crippen LogP contribution in [-0.2, 0) is 9.59 Å². The zero-order valence-electron chi connectivity index (χ0n) is 14.1. The zero-order valence-corrected chi connectivity index (χ0v) is 14.1. The fraction of sp³-hybridized carbons (Fsp3) is 0.579. The van der Waals surface area contributed by atoms with Crippen molar-refractivity contribution in [2.45, 2.75) is 19.3 Å². The lowest BCUT2D eigenvalue weighted by Gasteiger charge is -2.39. The molecule has 4 rings (SSSR count). The number of carboxylic acid groups (broad SMARTS) is 1. The number of piperazine rings is 1. The van der Waals surface area contributed by atoms with Crippen LogP contribution in [0.2, 0.25) is 0 Å². The van der Waals surface area contributed by atoms with E-state index in [1.165, 1.54) is 12.1 Å². The van der Waals surface area contributed by atoms with E-state index in [-0.39, 0.29) is 29.5 Å². The number of fused-ring (bicyclic) bond motifs is 2. The van der Waals surface area contributed by atoms with Crippen LogP contribution in [0.15, 0.2) is 24.3 Å². The van der Waals surface area contributed by atoms with Gasteiger partial charge in [0.25, 0.3) is 0 Å². The lowest BCUT2D eigenvalue weighted by atomic mass is 9.78. The summed E-state index contributed by atoms with van der Waals surface area (Å²) < 4.78 is 13.1. The molecule has 134 valence electrons. The fourth-order valence-corrected chi connectivity index (χ4v) is 5.05. The lowest BCUT2D eigenvalue weighted by Crippen LogP contribution is -2.52. The number of rotatable bonds is 3. The number of benzene rings is 1. The first-order chi connectivity index (χ1) is 12.0. The topological polar surface area (TPSA) is 60.9 Å². The third-order valence-electron chi connectivity index (χ3n) is 6.27. The molecule has 1 N–H and O–H groups in total. The maximum Gasteiger partial charge on any atom is 0.307 e. The van der Waals surface area contributed by atoms with Gasteiger partial charge in [0.2, 0.25) is 5.91 Å². The predicted octanol–water partition coefficient (Wildman–Crippen LogP) is 2.22. The molecule has 2 saturated carbocycles. The number of nitrogens with zero attached hydrogens (tertiary/aromatic N) is 2. The second kappa shape index (κ2) is 6.32.